The second-order valence-corrected chi connectivity index (χ2v) is 6.68. The molecule has 7 heteroatoms. The van der Waals surface area contributed by atoms with Gasteiger partial charge in [-0.3, -0.25) is 0 Å². The highest BCUT2D eigenvalue weighted by molar-refractivity contribution is 7.22. The number of amides is 2. The lowest BCUT2D eigenvalue weighted by atomic mass is 10.1. The van der Waals surface area contributed by atoms with Crippen LogP contribution in [0.25, 0.3) is 10.2 Å². The summed E-state index contributed by atoms with van der Waals surface area (Å²) in [5, 5.41) is 9.89. The van der Waals surface area contributed by atoms with Crippen molar-refractivity contribution in [3.05, 3.63) is 24.3 Å². The summed E-state index contributed by atoms with van der Waals surface area (Å²) in [5.74, 6) is 0. The van der Waals surface area contributed by atoms with Crippen molar-refractivity contribution in [2.45, 2.75) is 31.9 Å². The van der Waals surface area contributed by atoms with Gasteiger partial charge in [0.15, 0.2) is 5.13 Å². The van der Waals surface area contributed by atoms with Crippen LogP contribution in [-0.2, 0) is 4.74 Å². The number of ether oxygens (including phenoxy) is 1. The number of nitrogens with one attached hydrogen (secondary N) is 3. The summed E-state index contributed by atoms with van der Waals surface area (Å²) < 4.78 is 6.72. The van der Waals surface area contributed by atoms with Gasteiger partial charge in [-0.25, -0.2) is 9.78 Å². The van der Waals surface area contributed by atoms with Crippen LogP contribution in [0.4, 0.5) is 9.93 Å². The van der Waals surface area contributed by atoms with Crippen molar-refractivity contribution >= 4 is 32.7 Å². The Morgan fingerprint density at radius 3 is 3.09 bits per heavy atom. The minimum atomic E-state index is -0.154. The number of carbonyl (C=O) groups is 1. The molecule has 1 aromatic heterocycles. The van der Waals surface area contributed by atoms with E-state index in [0.29, 0.717) is 13.1 Å². The largest absolute Gasteiger partial charge is 0.376 e. The molecule has 1 fully saturated rings. The molecule has 124 valence electrons. The molecular formula is C16H22N4O2S. The second-order valence-electron chi connectivity index (χ2n) is 5.65. The number of hydrogen-bond donors (Lipinski definition) is 3. The fourth-order valence-corrected chi connectivity index (χ4v) is 3.53. The first-order valence-electron chi connectivity index (χ1n) is 7.98. The Morgan fingerprint density at radius 1 is 1.43 bits per heavy atom. The summed E-state index contributed by atoms with van der Waals surface area (Å²) in [6.07, 6.45) is 2.23. The number of para-hydroxylation sites is 1. The predicted octanol–water partition coefficient (Wildman–Crippen LogP) is 2.57. The monoisotopic (exact) mass is 334 g/mol. The third-order valence-corrected chi connectivity index (χ3v) is 4.86. The zero-order valence-electron chi connectivity index (χ0n) is 13.2. The zero-order chi connectivity index (χ0) is 16.1. The molecule has 1 saturated heterocycles. The number of carbonyl (C=O) groups excluding carboxylic acids is 1. The summed E-state index contributed by atoms with van der Waals surface area (Å²) in [4.78, 5) is 16.3. The van der Waals surface area contributed by atoms with Crippen LogP contribution in [0.15, 0.2) is 24.3 Å². The fourth-order valence-electron chi connectivity index (χ4n) is 2.64. The number of anilines is 1. The van der Waals surface area contributed by atoms with Crippen LogP contribution < -0.4 is 16.0 Å². The van der Waals surface area contributed by atoms with E-state index >= 15 is 0 Å². The molecule has 0 unspecified atom stereocenters. The Balaban J connectivity index is 1.36. The molecule has 0 aliphatic carbocycles. The number of nitrogens with zero attached hydrogens (tertiary/aromatic N) is 1. The molecule has 2 atom stereocenters. The van der Waals surface area contributed by atoms with Crippen molar-refractivity contribution in [3.8, 4) is 0 Å². The topological polar surface area (TPSA) is 75.3 Å². The van der Waals surface area contributed by atoms with E-state index in [1.54, 1.807) is 11.3 Å². The van der Waals surface area contributed by atoms with E-state index in [-0.39, 0.29) is 18.2 Å². The maximum Gasteiger partial charge on any atom is 0.315 e. The molecule has 6 nitrogen and oxygen atoms in total. The number of hydrogen-bond acceptors (Lipinski definition) is 5. The molecule has 3 rings (SSSR count). The molecule has 1 aromatic carbocycles. The molecule has 2 aromatic rings. The van der Waals surface area contributed by atoms with Crippen LogP contribution in [-0.4, -0.2) is 42.9 Å². The minimum Gasteiger partial charge on any atom is -0.376 e. The van der Waals surface area contributed by atoms with Crippen LogP contribution in [0, 0.1) is 0 Å². The van der Waals surface area contributed by atoms with E-state index in [1.807, 2.05) is 25.1 Å². The standard InChI is InChI=1S/C16H22N4O2S/c1-11(13-6-4-10-22-13)19-15(21)17-8-9-18-16-20-12-5-2-3-7-14(12)23-16/h2-3,5,7,11,13H,4,6,8-10H2,1H3,(H,18,20)(H2,17,19,21)/t11-,13+/m0/s1. The molecule has 0 radical (unpaired) electrons. The number of benzene rings is 1. The highest BCUT2D eigenvalue weighted by atomic mass is 32.1. The Kier molecular flexibility index (Phi) is 5.30. The Morgan fingerprint density at radius 2 is 2.30 bits per heavy atom. The average molecular weight is 334 g/mol. The van der Waals surface area contributed by atoms with E-state index in [4.69, 9.17) is 4.74 Å². The molecule has 3 N–H and O–H groups in total. The van der Waals surface area contributed by atoms with Crippen molar-refractivity contribution in [2.75, 3.05) is 25.0 Å². The third kappa shape index (κ3) is 4.33. The van der Waals surface area contributed by atoms with Gasteiger partial charge in [-0.15, -0.1) is 0 Å². The molecule has 0 bridgehead atoms. The Bertz CT molecular complexity index is 621. The molecular weight excluding hydrogens is 312 g/mol. The number of urea groups is 1. The maximum atomic E-state index is 11.8. The lowest BCUT2D eigenvalue weighted by Crippen LogP contribution is -2.46. The number of thiazole rings is 1. The summed E-state index contributed by atoms with van der Waals surface area (Å²) in [6, 6.07) is 7.91. The van der Waals surface area contributed by atoms with Crippen LogP contribution in [0.2, 0.25) is 0 Å². The normalized spacial score (nSPS) is 18.7. The van der Waals surface area contributed by atoms with Gasteiger partial charge in [0, 0.05) is 19.7 Å². The van der Waals surface area contributed by atoms with Crippen molar-refractivity contribution in [2.24, 2.45) is 0 Å². The van der Waals surface area contributed by atoms with E-state index in [0.717, 1.165) is 34.8 Å². The molecule has 23 heavy (non-hydrogen) atoms. The summed E-state index contributed by atoms with van der Waals surface area (Å²) in [6.45, 7) is 3.96. The van der Waals surface area contributed by atoms with Crippen molar-refractivity contribution < 1.29 is 9.53 Å². The van der Waals surface area contributed by atoms with Gasteiger partial charge in [0.05, 0.1) is 22.4 Å². The molecule has 0 spiro atoms. The quantitative estimate of drug-likeness (QED) is 0.710. The van der Waals surface area contributed by atoms with Crippen LogP contribution in [0.3, 0.4) is 0 Å². The van der Waals surface area contributed by atoms with Gasteiger partial charge in [0.25, 0.3) is 0 Å². The van der Waals surface area contributed by atoms with E-state index < -0.39 is 0 Å². The molecule has 2 heterocycles. The molecule has 0 saturated carbocycles. The third-order valence-electron chi connectivity index (χ3n) is 3.86. The van der Waals surface area contributed by atoms with Crippen LogP contribution in [0.1, 0.15) is 19.8 Å². The Labute approximate surface area is 139 Å². The molecule has 1 aliphatic rings. The van der Waals surface area contributed by atoms with E-state index in [2.05, 4.69) is 27.0 Å². The van der Waals surface area contributed by atoms with Gasteiger partial charge in [-0.05, 0) is 31.9 Å². The summed E-state index contributed by atoms with van der Waals surface area (Å²) in [5.41, 5.74) is 0.996. The number of rotatable bonds is 6. The van der Waals surface area contributed by atoms with Crippen LogP contribution in [0.5, 0.6) is 0 Å². The first kappa shape index (κ1) is 16.0. The highest BCUT2D eigenvalue weighted by Crippen LogP contribution is 2.24. The molecule has 1 aliphatic heterocycles. The lowest BCUT2D eigenvalue weighted by molar-refractivity contribution is 0.0860. The summed E-state index contributed by atoms with van der Waals surface area (Å²) >= 11 is 1.62. The summed E-state index contributed by atoms with van der Waals surface area (Å²) in [7, 11) is 0. The lowest BCUT2D eigenvalue weighted by Gasteiger charge is -2.20. The van der Waals surface area contributed by atoms with Gasteiger partial charge >= 0.3 is 6.03 Å². The first-order valence-corrected chi connectivity index (χ1v) is 8.79. The van der Waals surface area contributed by atoms with Crippen LogP contribution >= 0.6 is 11.3 Å². The van der Waals surface area contributed by atoms with Gasteiger partial charge in [0.1, 0.15) is 0 Å². The van der Waals surface area contributed by atoms with Crippen molar-refractivity contribution in [1.82, 2.24) is 15.6 Å². The Hall–Kier alpha value is -1.86. The predicted molar refractivity (Wildman–Crippen MR) is 93.1 cm³/mol. The first-order chi connectivity index (χ1) is 11.2. The van der Waals surface area contributed by atoms with Crippen molar-refractivity contribution in [1.29, 1.82) is 0 Å². The minimum absolute atomic E-state index is 0.0368. The van der Waals surface area contributed by atoms with E-state index in [9.17, 15) is 4.79 Å². The maximum absolute atomic E-state index is 11.8. The zero-order valence-corrected chi connectivity index (χ0v) is 14.0. The van der Waals surface area contributed by atoms with Gasteiger partial charge in [-0.1, -0.05) is 23.5 Å². The smallest absolute Gasteiger partial charge is 0.315 e. The second kappa shape index (κ2) is 7.61. The van der Waals surface area contributed by atoms with Gasteiger partial charge in [0.2, 0.25) is 0 Å². The van der Waals surface area contributed by atoms with Crippen molar-refractivity contribution in [3.63, 3.8) is 0 Å². The molecule has 2 amide bonds. The SMILES string of the molecule is C[C@H](NC(=O)NCCNc1nc2ccccc2s1)[C@H]1CCCO1. The average Bonchev–Trinajstić information content (AvgIpc) is 3.20. The van der Waals surface area contributed by atoms with Gasteiger partial charge < -0.3 is 20.7 Å². The highest BCUT2D eigenvalue weighted by Gasteiger charge is 2.23. The number of fused-ring (bicyclic) bond motifs is 1. The van der Waals surface area contributed by atoms with E-state index in [1.165, 1.54) is 0 Å². The fraction of sp³-hybridized carbons (Fsp3) is 0.500. The number of aromatic nitrogens is 1. The van der Waals surface area contributed by atoms with Gasteiger partial charge in [-0.2, -0.15) is 0 Å².